The summed E-state index contributed by atoms with van der Waals surface area (Å²) in [5, 5.41) is 0. The summed E-state index contributed by atoms with van der Waals surface area (Å²) in [5.74, 6) is -0.284. The van der Waals surface area contributed by atoms with Gasteiger partial charge in [0.1, 0.15) is 0 Å². The van der Waals surface area contributed by atoms with Gasteiger partial charge in [0, 0.05) is 25.0 Å². The number of hydrogen-bond acceptors (Lipinski definition) is 3. The van der Waals surface area contributed by atoms with Crippen molar-refractivity contribution in [3.8, 4) is 0 Å². The highest BCUT2D eigenvalue weighted by Gasteiger charge is 2.23. The molecule has 0 aromatic carbocycles. The summed E-state index contributed by atoms with van der Waals surface area (Å²) in [7, 11) is 0. The van der Waals surface area contributed by atoms with Crippen molar-refractivity contribution in [1.82, 2.24) is 4.90 Å². The van der Waals surface area contributed by atoms with Gasteiger partial charge in [-0.3, -0.25) is 9.69 Å². The molecular formula is C10H21N3O. The lowest BCUT2D eigenvalue weighted by Gasteiger charge is -2.36. The molecule has 0 aliphatic carbocycles. The molecule has 0 bridgehead atoms. The lowest BCUT2D eigenvalue weighted by Crippen LogP contribution is -2.47. The molecule has 1 saturated heterocycles. The third kappa shape index (κ3) is 2.96. The van der Waals surface area contributed by atoms with Crippen LogP contribution in [0.1, 0.15) is 26.2 Å². The molecule has 2 unspecified atom stereocenters. The molecule has 0 aromatic rings. The zero-order valence-electron chi connectivity index (χ0n) is 8.91. The smallest absolute Gasteiger partial charge is 0.221 e. The molecule has 82 valence electrons. The van der Waals surface area contributed by atoms with Crippen LogP contribution in [-0.4, -0.2) is 36.5 Å². The van der Waals surface area contributed by atoms with Gasteiger partial charge < -0.3 is 11.5 Å². The van der Waals surface area contributed by atoms with Crippen molar-refractivity contribution in [3.63, 3.8) is 0 Å². The average molecular weight is 199 g/mol. The molecule has 0 saturated carbocycles. The molecule has 1 heterocycles. The van der Waals surface area contributed by atoms with Gasteiger partial charge in [0.05, 0.1) is 0 Å². The van der Waals surface area contributed by atoms with E-state index in [0.29, 0.717) is 12.6 Å². The Hall–Kier alpha value is -0.610. The van der Waals surface area contributed by atoms with Crippen molar-refractivity contribution in [2.45, 2.75) is 32.2 Å². The van der Waals surface area contributed by atoms with E-state index < -0.39 is 0 Å². The van der Waals surface area contributed by atoms with Gasteiger partial charge >= 0.3 is 0 Å². The molecule has 0 radical (unpaired) electrons. The van der Waals surface area contributed by atoms with Gasteiger partial charge in [0.15, 0.2) is 0 Å². The standard InChI is InChI=1S/C10H21N3O/c1-8(10(12)14)7-13-5-3-2-4-9(13)6-11/h8-9H,2-7,11H2,1H3,(H2,12,14). The molecule has 1 aliphatic heterocycles. The second-order valence-electron chi connectivity index (χ2n) is 4.18. The first-order valence-corrected chi connectivity index (χ1v) is 5.38. The van der Waals surface area contributed by atoms with Crippen LogP contribution >= 0.6 is 0 Å². The summed E-state index contributed by atoms with van der Waals surface area (Å²) >= 11 is 0. The van der Waals surface area contributed by atoms with E-state index in [4.69, 9.17) is 11.5 Å². The average Bonchev–Trinajstić information content (AvgIpc) is 2.18. The Bertz CT molecular complexity index is 196. The van der Waals surface area contributed by atoms with Crippen molar-refractivity contribution < 1.29 is 4.79 Å². The van der Waals surface area contributed by atoms with E-state index >= 15 is 0 Å². The Labute approximate surface area is 85.6 Å². The zero-order valence-corrected chi connectivity index (χ0v) is 8.91. The van der Waals surface area contributed by atoms with E-state index in [9.17, 15) is 4.79 Å². The lowest BCUT2D eigenvalue weighted by atomic mass is 10.00. The summed E-state index contributed by atoms with van der Waals surface area (Å²) in [6.45, 7) is 4.38. The minimum absolute atomic E-state index is 0.0675. The number of nitrogens with two attached hydrogens (primary N) is 2. The van der Waals surface area contributed by atoms with Crippen LogP contribution in [0.3, 0.4) is 0 Å². The number of likely N-dealkylation sites (tertiary alicyclic amines) is 1. The predicted molar refractivity (Wildman–Crippen MR) is 56.6 cm³/mol. The van der Waals surface area contributed by atoms with Crippen LogP contribution in [0.25, 0.3) is 0 Å². The maximum atomic E-state index is 10.9. The molecule has 2 atom stereocenters. The quantitative estimate of drug-likeness (QED) is 0.665. The SMILES string of the molecule is CC(CN1CCCCC1CN)C(N)=O. The molecule has 1 amide bonds. The van der Waals surface area contributed by atoms with Gasteiger partial charge in [-0.1, -0.05) is 13.3 Å². The molecule has 1 rings (SSSR count). The predicted octanol–water partition coefficient (Wildman–Crippen LogP) is -0.0790. The summed E-state index contributed by atoms with van der Waals surface area (Å²) < 4.78 is 0. The third-order valence-electron chi connectivity index (χ3n) is 3.02. The second kappa shape index (κ2) is 5.32. The number of rotatable bonds is 4. The van der Waals surface area contributed by atoms with Crippen LogP contribution in [0.15, 0.2) is 0 Å². The summed E-state index contributed by atoms with van der Waals surface area (Å²) in [5.41, 5.74) is 10.9. The fraction of sp³-hybridized carbons (Fsp3) is 0.900. The highest BCUT2D eigenvalue weighted by Crippen LogP contribution is 2.17. The fourth-order valence-corrected chi connectivity index (χ4v) is 2.01. The molecule has 0 spiro atoms. The Morgan fingerprint density at radius 3 is 2.86 bits per heavy atom. The van der Waals surface area contributed by atoms with E-state index in [-0.39, 0.29) is 11.8 Å². The molecule has 4 nitrogen and oxygen atoms in total. The van der Waals surface area contributed by atoms with Crippen molar-refractivity contribution in [1.29, 1.82) is 0 Å². The van der Waals surface area contributed by atoms with Crippen molar-refractivity contribution >= 4 is 5.91 Å². The third-order valence-corrected chi connectivity index (χ3v) is 3.02. The molecule has 1 aliphatic rings. The Morgan fingerprint density at radius 2 is 2.29 bits per heavy atom. The van der Waals surface area contributed by atoms with E-state index in [0.717, 1.165) is 19.5 Å². The Morgan fingerprint density at radius 1 is 1.57 bits per heavy atom. The minimum atomic E-state index is -0.216. The van der Waals surface area contributed by atoms with Crippen molar-refractivity contribution in [2.24, 2.45) is 17.4 Å². The maximum absolute atomic E-state index is 10.9. The number of hydrogen-bond donors (Lipinski definition) is 2. The highest BCUT2D eigenvalue weighted by molar-refractivity contribution is 5.76. The van der Waals surface area contributed by atoms with Gasteiger partial charge in [0.25, 0.3) is 0 Å². The van der Waals surface area contributed by atoms with Gasteiger partial charge in [-0.05, 0) is 19.4 Å². The summed E-state index contributed by atoms with van der Waals surface area (Å²) in [6.07, 6.45) is 3.62. The number of nitrogens with zero attached hydrogens (tertiary/aromatic N) is 1. The number of amides is 1. The van der Waals surface area contributed by atoms with Crippen LogP contribution in [-0.2, 0) is 4.79 Å². The molecule has 1 fully saturated rings. The van der Waals surface area contributed by atoms with Gasteiger partial charge in [0.2, 0.25) is 5.91 Å². The lowest BCUT2D eigenvalue weighted by molar-refractivity contribution is -0.122. The summed E-state index contributed by atoms with van der Waals surface area (Å²) in [6, 6.07) is 0.450. The number of carbonyl (C=O) groups excluding carboxylic acids is 1. The van der Waals surface area contributed by atoms with Crippen LogP contribution in [0.2, 0.25) is 0 Å². The molecule has 14 heavy (non-hydrogen) atoms. The Kier molecular flexibility index (Phi) is 4.35. The number of piperidine rings is 1. The van der Waals surface area contributed by atoms with Crippen LogP contribution in [0.5, 0.6) is 0 Å². The van der Waals surface area contributed by atoms with E-state index in [2.05, 4.69) is 4.90 Å². The van der Waals surface area contributed by atoms with Gasteiger partial charge in [-0.25, -0.2) is 0 Å². The minimum Gasteiger partial charge on any atom is -0.369 e. The molecule has 4 heteroatoms. The molecular weight excluding hydrogens is 178 g/mol. The number of primary amides is 1. The van der Waals surface area contributed by atoms with Crippen LogP contribution in [0.4, 0.5) is 0 Å². The van der Waals surface area contributed by atoms with Gasteiger partial charge in [-0.2, -0.15) is 0 Å². The van der Waals surface area contributed by atoms with Crippen molar-refractivity contribution in [2.75, 3.05) is 19.6 Å². The largest absolute Gasteiger partial charge is 0.369 e. The van der Waals surface area contributed by atoms with E-state index in [1.807, 2.05) is 6.92 Å². The first kappa shape index (κ1) is 11.5. The number of carbonyl (C=O) groups is 1. The first-order valence-electron chi connectivity index (χ1n) is 5.38. The van der Waals surface area contributed by atoms with Crippen molar-refractivity contribution in [3.05, 3.63) is 0 Å². The van der Waals surface area contributed by atoms with Crippen LogP contribution < -0.4 is 11.5 Å². The first-order chi connectivity index (χ1) is 6.65. The molecule has 0 aromatic heterocycles. The van der Waals surface area contributed by atoms with Crippen LogP contribution in [0, 0.1) is 5.92 Å². The zero-order chi connectivity index (χ0) is 10.6. The second-order valence-corrected chi connectivity index (χ2v) is 4.18. The van der Waals surface area contributed by atoms with E-state index in [1.165, 1.54) is 12.8 Å². The van der Waals surface area contributed by atoms with E-state index in [1.54, 1.807) is 0 Å². The normalized spacial score (nSPS) is 26.0. The topological polar surface area (TPSA) is 72.3 Å². The molecule has 4 N–H and O–H groups in total. The summed E-state index contributed by atoms with van der Waals surface area (Å²) in [4.78, 5) is 13.2. The van der Waals surface area contributed by atoms with Gasteiger partial charge in [-0.15, -0.1) is 0 Å². The fourth-order valence-electron chi connectivity index (χ4n) is 2.01. The highest BCUT2D eigenvalue weighted by atomic mass is 16.1. The Balaban J connectivity index is 2.44. The maximum Gasteiger partial charge on any atom is 0.221 e. The monoisotopic (exact) mass is 199 g/mol.